The maximum Gasteiger partial charge on any atom is 0.195 e. The number of benzene rings is 2. The Balaban J connectivity index is 1.53. The fourth-order valence-electron chi connectivity index (χ4n) is 3.64. The minimum absolute atomic E-state index is 0.622. The minimum Gasteiger partial charge on any atom is -0.347 e. The number of fused-ring (bicyclic) bond motifs is 1. The first kappa shape index (κ1) is 16.1. The second-order valence-electron chi connectivity index (χ2n) is 6.33. The van der Waals surface area contributed by atoms with Crippen LogP contribution in [0.15, 0.2) is 60.8 Å². The van der Waals surface area contributed by atoms with Crippen LogP contribution in [0, 0.1) is 0 Å². The summed E-state index contributed by atoms with van der Waals surface area (Å²) in [7, 11) is 0. The van der Waals surface area contributed by atoms with E-state index in [9.17, 15) is 4.79 Å². The number of aldehydes is 1. The monoisotopic (exact) mass is 335 g/mol. The van der Waals surface area contributed by atoms with Gasteiger partial charge in [-0.15, -0.1) is 0 Å². The van der Waals surface area contributed by atoms with Gasteiger partial charge >= 0.3 is 0 Å². The molecule has 0 atom stereocenters. The molecule has 2 aromatic carbocycles. The average Bonchev–Trinajstić information content (AvgIpc) is 3.29. The number of aryl methyl sites for hydroxylation is 1. The first-order valence-corrected chi connectivity index (χ1v) is 8.69. The molecule has 2 heterocycles. The van der Waals surface area contributed by atoms with Gasteiger partial charge in [-0.25, -0.2) is 0 Å². The third-order valence-corrected chi connectivity index (χ3v) is 4.82. The predicted molar refractivity (Wildman–Crippen MR) is 96.6 cm³/mol. The maximum atomic E-state index is 11.3. The number of hydrogen-bond donors (Lipinski definition) is 0. The van der Waals surface area contributed by atoms with Gasteiger partial charge in [-0.2, -0.15) is 0 Å². The van der Waals surface area contributed by atoms with Gasteiger partial charge in [0, 0.05) is 41.2 Å². The van der Waals surface area contributed by atoms with E-state index in [1.165, 1.54) is 0 Å². The number of aromatic nitrogens is 1. The zero-order chi connectivity index (χ0) is 17.1. The highest BCUT2D eigenvalue weighted by Gasteiger charge is 2.37. The van der Waals surface area contributed by atoms with Crippen LogP contribution in [0.2, 0.25) is 0 Å². The second-order valence-corrected chi connectivity index (χ2v) is 6.33. The number of rotatable bonds is 6. The van der Waals surface area contributed by atoms with Crippen molar-refractivity contribution >= 4 is 17.2 Å². The smallest absolute Gasteiger partial charge is 0.195 e. The molecule has 1 aliphatic rings. The van der Waals surface area contributed by atoms with Gasteiger partial charge in [-0.3, -0.25) is 4.79 Å². The SMILES string of the molecule is O=Cc1cn(CCCC2(c3ccccc3)OCCO2)c2ccccc12. The fraction of sp³-hybridized carbons (Fsp3) is 0.286. The van der Waals surface area contributed by atoms with E-state index in [0.29, 0.717) is 13.2 Å². The largest absolute Gasteiger partial charge is 0.347 e. The molecular formula is C21H21NO3. The summed E-state index contributed by atoms with van der Waals surface area (Å²) in [5.41, 5.74) is 2.90. The van der Waals surface area contributed by atoms with Gasteiger partial charge in [0.2, 0.25) is 0 Å². The molecule has 0 saturated carbocycles. The molecule has 3 aromatic rings. The van der Waals surface area contributed by atoms with Crippen molar-refractivity contribution in [1.29, 1.82) is 0 Å². The van der Waals surface area contributed by atoms with E-state index in [0.717, 1.165) is 47.7 Å². The van der Waals surface area contributed by atoms with Gasteiger partial charge in [0.05, 0.1) is 13.2 Å². The summed E-state index contributed by atoms with van der Waals surface area (Å²) in [5.74, 6) is -0.641. The molecule has 25 heavy (non-hydrogen) atoms. The zero-order valence-electron chi connectivity index (χ0n) is 14.1. The van der Waals surface area contributed by atoms with Crippen molar-refractivity contribution in [2.75, 3.05) is 13.2 Å². The van der Waals surface area contributed by atoms with E-state index < -0.39 is 5.79 Å². The highest BCUT2D eigenvalue weighted by atomic mass is 16.7. The van der Waals surface area contributed by atoms with Gasteiger partial charge < -0.3 is 14.0 Å². The lowest BCUT2D eigenvalue weighted by Gasteiger charge is -2.28. The molecule has 0 radical (unpaired) electrons. The Labute approximate surface area is 147 Å². The molecule has 1 saturated heterocycles. The van der Waals surface area contributed by atoms with Gasteiger partial charge in [-0.1, -0.05) is 48.5 Å². The van der Waals surface area contributed by atoms with E-state index in [1.807, 2.05) is 42.6 Å². The third-order valence-electron chi connectivity index (χ3n) is 4.82. The summed E-state index contributed by atoms with van der Waals surface area (Å²) in [6, 6.07) is 18.1. The Morgan fingerprint density at radius 1 is 1.00 bits per heavy atom. The molecule has 128 valence electrons. The zero-order valence-corrected chi connectivity index (χ0v) is 14.1. The van der Waals surface area contributed by atoms with Crippen molar-refractivity contribution in [1.82, 2.24) is 4.57 Å². The number of nitrogens with zero attached hydrogens (tertiary/aromatic N) is 1. The minimum atomic E-state index is -0.641. The first-order valence-electron chi connectivity index (χ1n) is 8.69. The van der Waals surface area contributed by atoms with Crippen LogP contribution in [0.5, 0.6) is 0 Å². The quantitative estimate of drug-likeness (QED) is 0.636. The van der Waals surface area contributed by atoms with Crippen LogP contribution in [0.3, 0.4) is 0 Å². The van der Waals surface area contributed by atoms with Crippen molar-refractivity contribution < 1.29 is 14.3 Å². The predicted octanol–water partition coefficient (Wildman–Crippen LogP) is 4.13. The Morgan fingerprint density at radius 3 is 2.48 bits per heavy atom. The summed E-state index contributed by atoms with van der Waals surface area (Å²) in [4.78, 5) is 11.3. The molecule has 1 fully saturated rings. The average molecular weight is 335 g/mol. The van der Waals surface area contributed by atoms with Crippen LogP contribution < -0.4 is 0 Å². The molecule has 4 rings (SSSR count). The van der Waals surface area contributed by atoms with Crippen LogP contribution >= 0.6 is 0 Å². The van der Waals surface area contributed by atoms with Gasteiger partial charge in [0.1, 0.15) is 0 Å². The lowest BCUT2D eigenvalue weighted by atomic mass is 10.0. The van der Waals surface area contributed by atoms with Crippen molar-refractivity contribution in [3.8, 4) is 0 Å². The number of ether oxygens (including phenoxy) is 2. The number of para-hydroxylation sites is 1. The van der Waals surface area contributed by atoms with Gasteiger partial charge in [0.15, 0.2) is 12.1 Å². The van der Waals surface area contributed by atoms with E-state index in [4.69, 9.17) is 9.47 Å². The molecular weight excluding hydrogens is 314 g/mol. The lowest BCUT2D eigenvalue weighted by molar-refractivity contribution is -0.171. The Kier molecular flexibility index (Phi) is 4.38. The lowest BCUT2D eigenvalue weighted by Crippen LogP contribution is -2.27. The fourth-order valence-corrected chi connectivity index (χ4v) is 3.64. The Morgan fingerprint density at radius 2 is 1.72 bits per heavy atom. The van der Waals surface area contributed by atoms with E-state index >= 15 is 0 Å². The summed E-state index contributed by atoms with van der Waals surface area (Å²) >= 11 is 0. The highest BCUT2D eigenvalue weighted by Crippen LogP contribution is 2.36. The van der Waals surface area contributed by atoms with Crippen LogP contribution in [0.25, 0.3) is 10.9 Å². The molecule has 0 N–H and O–H groups in total. The molecule has 0 amide bonds. The van der Waals surface area contributed by atoms with E-state index in [1.54, 1.807) is 0 Å². The van der Waals surface area contributed by atoms with Crippen molar-refractivity contribution in [3.05, 3.63) is 71.9 Å². The molecule has 0 spiro atoms. The molecule has 1 aromatic heterocycles. The Hall–Kier alpha value is -2.43. The maximum absolute atomic E-state index is 11.3. The van der Waals surface area contributed by atoms with Gasteiger partial charge in [-0.05, 0) is 12.5 Å². The summed E-state index contributed by atoms with van der Waals surface area (Å²) < 4.78 is 14.1. The standard InChI is InChI=1S/C21H21NO3/c23-16-17-15-22(20-10-5-4-9-19(17)20)12-6-11-21(24-13-14-25-21)18-7-2-1-3-8-18/h1-5,7-10,15-16H,6,11-14H2. The molecule has 0 bridgehead atoms. The summed E-state index contributed by atoms with van der Waals surface area (Å²) in [6.45, 7) is 2.06. The molecule has 4 nitrogen and oxygen atoms in total. The van der Waals surface area contributed by atoms with Crippen molar-refractivity contribution in [3.63, 3.8) is 0 Å². The Bertz CT molecular complexity index is 863. The molecule has 0 aliphatic carbocycles. The van der Waals surface area contributed by atoms with Crippen molar-refractivity contribution in [2.24, 2.45) is 0 Å². The third kappa shape index (κ3) is 2.99. The van der Waals surface area contributed by atoms with Crippen molar-refractivity contribution in [2.45, 2.75) is 25.2 Å². The topological polar surface area (TPSA) is 40.5 Å². The van der Waals surface area contributed by atoms with Crippen LogP contribution in [-0.4, -0.2) is 24.1 Å². The first-order chi connectivity index (χ1) is 12.3. The van der Waals surface area contributed by atoms with Gasteiger partial charge in [0.25, 0.3) is 0 Å². The summed E-state index contributed by atoms with van der Waals surface area (Å²) in [6.07, 6.45) is 4.53. The second kappa shape index (κ2) is 6.82. The molecule has 0 unspecified atom stereocenters. The number of carbonyl (C=O) groups is 1. The van der Waals surface area contributed by atoms with E-state index in [-0.39, 0.29) is 0 Å². The molecule has 1 aliphatic heterocycles. The normalized spacial score (nSPS) is 16.3. The van der Waals surface area contributed by atoms with Crippen LogP contribution in [0.4, 0.5) is 0 Å². The number of hydrogen-bond acceptors (Lipinski definition) is 3. The van der Waals surface area contributed by atoms with Crippen LogP contribution in [-0.2, 0) is 21.8 Å². The van der Waals surface area contributed by atoms with Crippen LogP contribution in [0.1, 0.15) is 28.8 Å². The summed E-state index contributed by atoms with van der Waals surface area (Å²) in [5, 5.41) is 1.00. The molecule has 4 heteroatoms. The number of carbonyl (C=O) groups excluding carboxylic acids is 1. The highest BCUT2D eigenvalue weighted by molar-refractivity contribution is 5.97. The van der Waals surface area contributed by atoms with E-state index in [2.05, 4.69) is 22.8 Å².